The highest BCUT2D eigenvalue weighted by atomic mass is 35.5. The van der Waals surface area contributed by atoms with Crippen molar-refractivity contribution in [3.8, 4) is 0 Å². The van der Waals surface area contributed by atoms with Crippen LogP contribution in [0.15, 0.2) is 30.7 Å². The predicted molar refractivity (Wildman–Crippen MR) is 115 cm³/mol. The van der Waals surface area contributed by atoms with Gasteiger partial charge in [-0.3, -0.25) is 9.69 Å². The first-order valence-corrected chi connectivity index (χ1v) is 10.2. The molecule has 0 bridgehead atoms. The van der Waals surface area contributed by atoms with Crippen LogP contribution < -0.4 is 10.2 Å². The van der Waals surface area contributed by atoms with Crippen LogP contribution in [-0.2, 0) is 9.53 Å². The van der Waals surface area contributed by atoms with Crippen LogP contribution >= 0.6 is 11.6 Å². The first kappa shape index (κ1) is 21.1. The zero-order valence-electron chi connectivity index (χ0n) is 16.9. The Bertz CT molecular complexity index is 1090. The number of esters is 1. The van der Waals surface area contributed by atoms with E-state index in [4.69, 9.17) is 16.3 Å². The maximum Gasteiger partial charge on any atom is 0.306 e. The second kappa shape index (κ2) is 9.36. The largest absolute Gasteiger partial charge is 0.469 e. The zero-order valence-corrected chi connectivity index (χ0v) is 17.6. The third kappa shape index (κ3) is 4.97. The number of halogens is 2. The average molecular weight is 446 g/mol. The van der Waals surface area contributed by atoms with E-state index < -0.39 is 5.82 Å². The van der Waals surface area contributed by atoms with E-state index in [0.29, 0.717) is 41.5 Å². The summed E-state index contributed by atoms with van der Waals surface area (Å²) in [5, 5.41) is 3.14. The van der Waals surface area contributed by atoms with E-state index >= 15 is 0 Å². The lowest BCUT2D eigenvalue weighted by atomic mass is 10.3. The number of nitrogens with zero attached hydrogens (tertiary/aromatic N) is 6. The Morgan fingerprint density at radius 1 is 1.23 bits per heavy atom. The number of carbonyl (C=O) groups is 1. The third-order valence-electron chi connectivity index (χ3n) is 5.06. The molecule has 1 aliphatic rings. The van der Waals surface area contributed by atoms with Crippen LogP contribution in [0, 0.1) is 5.82 Å². The third-order valence-corrected chi connectivity index (χ3v) is 5.35. The second-order valence-electron chi connectivity index (χ2n) is 7.03. The minimum absolute atomic E-state index is 0.0174. The number of ether oxygens (including phenoxy) is 1. The Hall–Kier alpha value is -3.11. The van der Waals surface area contributed by atoms with Crippen molar-refractivity contribution < 1.29 is 13.9 Å². The van der Waals surface area contributed by atoms with Crippen molar-refractivity contribution in [3.63, 3.8) is 0 Å². The van der Waals surface area contributed by atoms with E-state index in [-0.39, 0.29) is 11.0 Å². The highest BCUT2D eigenvalue weighted by molar-refractivity contribution is 6.31. The van der Waals surface area contributed by atoms with Gasteiger partial charge in [-0.15, -0.1) is 0 Å². The van der Waals surface area contributed by atoms with E-state index in [1.807, 2.05) is 0 Å². The van der Waals surface area contributed by atoms with E-state index in [1.165, 1.54) is 25.6 Å². The summed E-state index contributed by atoms with van der Waals surface area (Å²) in [5.41, 5.74) is 1.73. The molecule has 0 amide bonds. The number of hydrogen-bond acceptors (Lipinski definition) is 9. The van der Waals surface area contributed by atoms with Gasteiger partial charge in [-0.05, 0) is 18.2 Å². The van der Waals surface area contributed by atoms with Gasteiger partial charge in [0.15, 0.2) is 5.82 Å². The van der Waals surface area contributed by atoms with Gasteiger partial charge in [0, 0.05) is 38.4 Å². The standard InChI is InChI=1S/C20H21ClFN7O2/c1-31-17(30)4-5-28-6-8-29(9-7-28)20-23-11-16-18(27-20)19(25-12-24-16)26-13-2-3-15(22)14(21)10-13/h2-3,10-12H,4-9H2,1H3,(H,24,25,26). The number of rotatable bonds is 6. The van der Waals surface area contributed by atoms with Gasteiger partial charge < -0.3 is 15.0 Å². The summed E-state index contributed by atoms with van der Waals surface area (Å²) in [6, 6.07) is 4.35. The number of methoxy groups -OCH3 is 1. The summed E-state index contributed by atoms with van der Waals surface area (Å²) in [4.78, 5) is 33.3. The van der Waals surface area contributed by atoms with Crippen molar-refractivity contribution in [2.24, 2.45) is 0 Å². The molecule has 0 spiro atoms. The molecule has 3 aromatic rings. The molecule has 31 heavy (non-hydrogen) atoms. The first-order valence-electron chi connectivity index (χ1n) is 9.77. The van der Waals surface area contributed by atoms with Gasteiger partial charge in [-0.25, -0.2) is 24.3 Å². The minimum atomic E-state index is -0.491. The molecule has 4 rings (SSSR count). The van der Waals surface area contributed by atoms with E-state index in [1.54, 1.807) is 12.3 Å². The highest BCUT2D eigenvalue weighted by Gasteiger charge is 2.20. The maximum atomic E-state index is 13.4. The van der Waals surface area contributed by atoms with Crippen molar-refractivity contribution in [1.82, 2.24) is 24.8 Å². The number of aromatic nitrogens is 4. The van der Waals surface area contributed by atoms with Gasteiger partial charge in [-0.2, -0.15) is 0 Å². The van der Waals surface area contributed by atoms with E-state index in [9.17, 15) is 9.18 Å². The topological polar surface area (TPSA) is 96.4 Å². The van der Waals surface area contributed by atoms with Gasteiger partial charge in [-0.1, -0.05) is 11.6 Å². The van der Waals surface area contributed by atoms with Crippen molar-refractivity contribution in [1.29, 1.82) is 0 Å². The molecule has 0 atom stereocenters. The average Bonchev–Trinajstić information content (AvgIpc) is 2.80. The van der Waals surface area contributed by atoms with Crippen LogP contribution in [0.25, 0.3) is 11.0 Å². The molecule has 0 aliphatic carbocycles. The van der Waals surface area contributed by atoms with Crippen molar-refractivity contribution in [3.05, 3.63) is 41.6 Å². The Labute approximate surface area is 183 Å². The summed E-state index contributed by atoms with van der Waals surface area (Å²) >= 11 is 5.88. The molecule has 162 valence electrons. The van der Waals surface area contributed by atoms with Gasteiger partial charge in [0.05, 0.1) is 24.8 Å². The summed E-state index contributed by atoms with van der Waals surface area (Å²) in [5.74, 6) is 0.362. The Morgan fingerprint density at radius 3 is 2.77 bits per heavy atom. The Balaban J connectivity index is 1.49. The van der Waals surface area contributed by atoms with Crippen LogP contribution in [0.4, 0.5) is 21.8 Å². The molecular formula is C20H21ClFN7O2. The Morgan fingerprint density at radius 2 is 2.03 bits per heavy atom. The summed E-state index contributed by atoms with van der Waals surface area (Å²) < 4.78 is 18.1. The number of piperazine rings is 1. The van der Waals surface area contributed by atoms with Crippen LogP contribution in [0.3, 0.4) is 0 Å². The van der Waals surface area contributed by atoms with Gasteiger partial charge in [0.25, 0.3) is 0 Å². The molecule has 1 fully saturated rings. The normalized spacial score (nSPS) is 14.6. The molecule has 0 saturated carbocycles. The molecular weight excluding hydrogens is 425 g/mol. The van der Waals surface area contributed by atoms with Gasteiger partial charge in [0.2, 0.25) is 5.95 Å². The number of nitrogens with one attached hydrogen (secondary N) is 1. The lowest BCUT2D eigenvalue weighted by Crippen LogP contribution is -2.47. The molecule has 1 saturated heterocycles. The highest BCUT2D eigenvalue weighted by Crippen LogP contribution is 2.26. The Kier molecular flexibility index (Phi) is 6.38. The van der Waals surface area contributed by atoms with Crippen LogP contribution in [0.2, 0.25) is 5.02 Å². The lowest BCUT2D eigenvalue weighted by molar-refractivity contribution is -0.141. The molecule has 3 heterocycles. The molecule has 2 aromatic heterocycles. The van der Waals surface area contributed by atoms with Crippen LogP contribution in [0.5, 0.6) is 0 Å². The fraction of sp³-hybridized carbons (Fsp3) is 0.350. The molecule has 9 nitrogen and oxygen atoms in total. The predicted octanol–water partition coefficient (Wildman–Crippen LogP) is 2.64. The molecule has 0 radical (unpaired) electrons. The maximum absolute atomic E-state index is 13.4. The summed E-state index contributed by atoms with van der Waals surface area (Å²) in [7, 11) is 1.40. The molecule has 1 aliphatic heterocycles. The van der Waals surface area contributed by atoms with Gasteiger partial charge >= 0.3 is 5.97 Å². The summed E-state index contributed by atoms with van der Waals surface area (Å²) in [6.07, 6.45) is 3.45. The van der Waals surface area contributed by atoms with Crippen molar-refractivity contribution >= 4 is 46.1 Å². The first-order chi connectivity index (χ1) is 15.0. The fourth-order valence-electron chi connectivity index (χ4n) is 3.32. The smallest absolute Gasteiger partial charge is 0.306 e. The number of carbonyl (C=O) groups excluding carboxylic acids is 1. The fourth-order valence-corrected chi connectivity index (χ4v) is 3.50. The number of benzene rings is 1. The second-order valence-corrected chi connectivity index (χ2v) is 7.44. The van der Waals surface area contributed by atoms with Crippen molar-refractivity contribution in [2.75, 3.05) is 50.1 Å². The quantitative estimate of drug-likeness (QED) is 0.574. The van der Waals surface area contributed by atoms with Crippen molar-refractivity contribution in [2.45, 2.75) is 6.42 Å². The van der Waals surface area contributed by atoms with E-state index in [0.717, 1.165) is 26.2 Å². The SMILES string of the molecule is COC(=O)CCN1CCN(c2ncc3ncnc(Nc4ccc(F)c(Cl)c4)c3n2)CC1. The van der Waals surface area contributed by atoms with E-state index in [2.05, 4.69) is 35.1 Å². The number of fused-ring (bicyclic) bond motifs is 1. The monoisotopic (exact) mass is 445 g/mol. The molecule has 0 unspecified atom stereocenters. The van der Waals surface area contributed by atoms with Crippen LogP contribution in [0.1, 0.15) is 6.42 Å². The zero-order chi connectivity index (χ0) is 21.8. The van der Waals surface area contributed by atoms with Gasteiger partial charge in [0.1, 0.15) is 23.2 Å². The molecule has 1 aromatic carbocycles. The van der Waals surface area contributed by atoms with Crippen LogP contribution in [-0.4, -0.2) is 70.6 Å². The number of hydrogen-bond donors (Lipinski definition) is 1. The summed E-state index contributed by atoms with van der Waals surface area (Å²) in [6.45, 7) is 3.72. The molecule has 1 N–H and O–H groups in total. The molecule has 11 heteroatoms. The minimum Gasteiger partial charge on any atom is -0.469 e. The number of anilines is 3. The lowest BCUT2D eigenvalue weighted by Gasteiger charge is -2.34.